The van der Waals surface area contributed by atoms with Gasteiger partial charge in [0.05, 0.1) is 16.8 Å². The number of carbonyl (C=O) groups is 1. The van der Waals surface area contributed by atoms with Crippen molar-refractivity contribution in [2.75, 3.05) is 11.9 Å². The maximum absolute atomic E-state index is 12.3. The Morgan fingerprint density at radius 2 is 2.00 bits per heavy atom. The lowest BCUT2D eigenvalue weighted by molar-refractivity contribution is -0.144. The number of nitrogens with one attached hydrogen (secondary N) is 1. The van der Waals surface area contributed by atoms with Crippen molar-refractivity contribution in [3.8, 4) is 0 Å². The van der Waals surface area contributed by atoms with Crippen molar-refractivity contribution >= 4 is 44.3 Å². The molecule has 124 valence electrons. The van der Waals surface area contributed by atoms with Crippen molar-refractivity contribution in [1.29, 1.82) is 0 Å². The van der Waals surface area contributed by atoms with Crippen LogP contribution in [0.15, 0.2) is 48.5 Å². The number of esters is 1. The number of nitrogens with zero attached hydrogens (tertiary/aromatic N) is 1. The second kappa shape index (κ2) is 7.64. The first-order valence-corrected chi connectivity index (χ1v) is 8.88. The summed E-state index contributed by atoms with van der Waals surface area (Å²) in [4.78, 5) is 16.8. The van der Waals surface area contributed by atoms with Crippen LogP contribution in [-0.4, -0.2) is 23.6 Å². The number of hydrogen-bond acceptors (Lipinski definition) is 5. The molecule has 0 unspecified atom stereocenters. The fraction of sp³-hybridized carbons (Fsp3) is 0.222. The molecular formula is C18H17ClN2O2S. The molecule has 1 aromatic heterocycles. The van der Waals surface area contributed by atoms with Gasteiger partial charge in [-0.05, 0) is 36.8 Å². The van der Waals surface area contributed by atoms with E-state index in [1.807, 2.05) is 48.5 Å². The molecule has 4 nitrogen and oxygen atoms in total. The van der Waals surface area contributed by atoms with Crippen LogP contribution in [0.5, 0.6) is 0 Å². The van der Waals surface area contributed by atoms with E-state index in [0.29, 0.717) is 23.2 Å². The van der Waals surface area contributed by atoms with E-state index in [4.69, 9.17) is 16.3 Å². The number of aromatic nitrogens is 1. The SMILES string of the molecule is CCOC(=O)[C@H](Cc1ccc(Cl)cc1)Nc1nc2ccccc2s1. The quantitative estimate of drug-likeness (QED) is 0.656. The number of thiazole rings is 1. The number of benzene rings is 2. The predicted molar refractivity (Wildman–Crippen MR) is 98.8 cm³/mol. The van der Waals surface area contributed by atoms with E-state index >= 15 is 0 Å². The largest absolute Gasteiger partial charge is 0.464 e. The molecule has 24 heavy (non-hydrogen) atoms. The Kier molecular flexibility index (Phi) is 5.33. The lowest BCUT2D eigenvalue weighted by atomic mass is 10.1. The first-order valence-electron chi connectivity index (χ1n) is 7.69. The van der Waals surface area contributed by atoms with Crippen LogP contribution in [0.1, 0.15) is 12.5 Å². The summed E-state index contributed by atoms with van der Waals surface area (Å²) in [5.41, 5.74) is 1.92. The summed E-state index contributed by atoms with van der Waals surface area (Å²) in [5, 5.41) is 4.60. The summed E-state index contributed by atoms with van der Waals surface area (Å²) < 4.78 is 6.27. The number of ether oxygens (including phenoxy) is 1. The van der Waals surface area contributed by atoms with Gasteiger partial charge in [0, 0.05) is 11.4 Å². The van der Waals surface area contributed by atoms with Crippen LogP contribution in [0.3, 0.4) is 0 Å². The van der Waals surface area contributed by atoms with Crippen LogP contribution >= 0.6 is 22.9 Å². The summed E-state index contributed by atoms with van der Waals surface area (Å²) >= 11 is 7.44. The zero-order valence-electron chi connectivity index (χ0n) is 13.2. The molecule has 1 heterocycles. The Morgan fingerprint density at radius 3 is 2.71 bits per heavy atom. The first-order chi connectivity index (χ1) is 11.7. The molecule has 2 aromatic carbocycles. The van der Waals surface area contributed by atoms with Crippen molar-refractivity contribution in [3.05, 3.63) is 59.1 Å². The van der Waals surface area contributed by atoms with E-state index in [0.717, 1.165) is 15.8 Å². The molecule has 3 aromatic rings. The summed E-state index contributed by atoms with van der Waals surface area (Å²) in [7, 11) is 0. The predicted octanol–water partition coefficient (Wildman–Crippen LogP) is 4.54. The maximum Gasteiger partial charge on any atom is 0.328 e. The van der Waals surface area contributed by atoms with Gasteiger partial charge in [-0.15, -0.1) is 0 Å². The van der Waals surface area contributed by atoms with E-state index in [9.17, 15) is 4.79 Å². The first kappa shape index (κ1) is 16.7. The molecule has 0 aliphatic heterocycles. The van der Waals surface area contributed by atoms with E-state index in [-0.39, 0.29) is 5.97 Å². The third-order valence-electron chi connectivity index (χ3n) is 3.52. The lowest BCUT2D eigenvalue weighted by Crippen LogP contribution is -2.33. The Bertz CT molecular complexity index is 799. The monoisotopic (exact) mass is 360 g/mol. The lowest BCUT2D eigenvalue weighted by Gasteiger charge is -2.16. The Balaban J connectivity index is 1.81. The fourth-order valence-corrected chi connectivity index (χ4v) is 3.42. The van der Waals surface area contributed by atoms with Crippen LogP contribution in [0.25, 0.3) is 10.2 Å². The summed E-state index contributed by atoms with van der Waals surface area (Å²) in [5.74, 6) is -0.285. The molecule has 6 heteroatoms. The summed E-state index contributed by atoms with van der Waals surface area (Å²) in [6.45, 7) is 2.15. The van der Waals surface area contributed by atoms with Crippen molar-refractivity contribution in [2.45, 2.75) is 19.4 Å². The molecule has 0 saturated heterocycles. The third kappa shape index (κ3) is 4.04. The molecule has 0 aliphatic carbocycles. The molecule has 3 rings (SSSR count). The van der Waals surface area contributed by atoms with Gasteiger partial charge in [0.25, 0.3) is 0 Å². The fourth-order valence-electron chi connectivity index (χ4n) is 2.38. The number of fused-ring (bicyclic) bond motifs is 1. The average molecular weight is 361 g/mol. The normalized spacial score (nSPS) is 12.1. The van der Waals surface area contributed by atoms with Gasteiger partial charge >= 0.3 is 5.97 Å². The van der Waals surface area contributed by atoms with Gasteiger partial charge in [0.15, 0.2) is 5.13 Å². The van der Waals surface area contributed by atoms with Crippen LogP contribution < -0.4 is 5.32 Å². The van der Waals surface area contributed by atoms with Crippen LogP contribution in [0, 0.1) is 0 Å². The number of carbonyl (C=O) groups excluding carboxylic acids is 1. The van der Waals surface area contributed by atoms with Crippen molar-refractivity contribution in [3.63, 3.8) is 0 Å². The van der Waals surface area contributed by atoms with Gasteiger partial charge in [-0.2, -0.15) is 0 Å². The van der Waals surface area contributed by atoms with Gasteiger partial charge in [-0.25, -0.2) is 9.78 Å². The topological polar surface area (TPSA) is 51.2 Å². The second-order valence-corrected chi connectivity index (χ2v) is 6.73. The van der Waals surface area contributed by atoms with Gasteiger partial charge in [0.2, 0.25) is 0 Å². The summed E-state index contributed by atoms with van der Waals surface area (Å²) in [6.07, 6.45) is 0.506. The Morgan fingerprint density at radius 1 is 1.25 bits per heavy atom. The Hall–Kier alpha value is -2.11. The molecule has 0 bridgehead atoms. The van der Waals surface area contributed by atoms with Crippen molar-refractivity contribution < 1.29 is 9.53 Å². The highest BCUT2D eigenvalue weighted by Gasteiger charge is 2.21. The van der Waals surface area contributed by atoms with Crippen LogP contribution in [0.4, 0.5) is 5.13 Å². The molecule has 1 atom stereocenters. The highest BCUT2D eigenvalue weighted by atomic mass is 35.5. The second-order valence-electron chi connectivity index (χ2n) is 5.27. The zero-order valence-corrected chi connectivity index (χ0v) is 14.7. The van der Waals surface area contributed by atoms with E-state index in [2.05, 4.69) is 10.3 Å². The van der Waals surface area contributed by atoms with Crippen LogP contribution in [-0.2, 0) is 16.0 Å². The Labute approximate surface area is 149 Å². The zero-order chi connectivity index (χ0) is 16.9. The standard InChI is InChI=1S/C18H17ClN2O2S/c1-2-23-17(22)15(11-12-7-9-13(19)10-8-12)21-18-20-14-5-3-4-6-16(14)24-18/h3-10,15H,2,11H2,1H3,(H,20,21)/t15-/m0/s1. The molecule has 0 spiro atoms. The summed E-state index contributed by atoms with van der Waals surface area (Å²) in [6, 6.07) is 14.8. The highest BCUT2D eigenvalue weighted by molar-refractivity contribution is 7.22. The molecular weight excluding hydrogens is 344 g/mol. The minimum atomic E-state index is -0.494. The molecule has 0 amide bonds. The number of halogens is 1. The van der Waals surface area contributed by atoms with Crippen molar-refractivity contribution in [1.82, 2.24) is 4.98 Å². The third-order valence-corrected chi connectivity index (χ3v) is 4.74. The average Bonchev–Trinajstić information content (AvgIpc) is 2.99. The molecule has 0 fully saturated rings. The number of rotatable bonds is 6. The molecule has 1 N–H and O–H groups in total. The minimum Gasteiger partial charge on any atom is -0.464 e. The number of para-hydroxylation sites is 1. The minimum absolute atomic E-state index is 0.285. The maximum atomic E-state index is 12.3. The molecule has 0 aliphatic rings. The van der Waals surface area contributed by atoms with Gasteiger partial charge in [0.1, 0.15) is 6.04 Å². The van der Waals surface area contributed by atoms with E-state index in [1.165, 1.54) is 11.3 Å². The number of anilines is 1. The highest BCUT2D eigenvalue weighted by Crippen LogP contribution is 2.26. The van der Waals surface area contributed by atoms with Crippen molar-refractivity contribution in [2.24, 2.45) is 0 Å². The molecule has 0 saturated carbocycles. The van der Waals surface area contributed by atoms with Gasteiger partial charge in [-0.3, -0.25) is 0 Å². The van der Waals surface area contributed by atoms with Gasteiger partial charge < -0.3 is 10.1 Å². The molecule has 0 radical (unpaired) electrons. The van der Waals surface area contributed by atoms with E-state index in [1.54, 1.807) is 6.92 Å². The number of hydrogen-bond donors (Lipinski definition) is 1. The van der Waals surface area contributed by atoms with E-state index < -0.39 is 6.04 Å². The van der Waals surface area contributed by atoms with Crippen LogP contribution in [0.2, 0.25) is 5.02 Å². The smallest absolute Gasteiger partial charge is 0.328 e. The van der Waals surface area contributed by atoms with Gasteiger partial charge in [-0.1, -0.05) is 47.2 Å².